The van der Waals surface area contributed by atoms with Gasteiger partial charge >= 0.3 is 0 Å². The van der Waals surface area contributed by atoms with E-state index in [-0.39, 0.29) is 5.91 Å². The van der Waals surface area contributed by atoms with Gasteiger partial charge in [-0.05, 0) is 37.3 Å². The van der Waals surface area contributed by atoms with Crippen molar-refractivity contribution in [3.05, 3.63) is 51.9 Å². The van der Waals surface area contributed by atoms with Crippen molar-refractivity contribution < 1.29 is 13.9 Å². The number of ether oxygens (including phenoxy) is 1. The predicted molar refractivity (Wildman–Crippen MR) is 79.8 cm³/mol. The SMILES string of the molecule is C[C@@H](Oc1ccc(Br)cc1Cl)C(=O)NCc1ccco1. The van der Waals surface area contributed by atoms with Crippen molar-refractivity contribution in [3.8, 4) is 5.75 Å². The first-order valence-electron chi connectivity index (χ1n) is 5.98. The van der Waals surface area contributed by atoms with E-state index in [4.69, 9.17) is 20.8 Å². The zero-order valence-electron chi connectivity index (χ0n) is 10.7. The number of amides is 1. The van der Waals surface area contributed by atoms with Gasteiger partial charge in [0.25, 0.3) is 5.91 Å². The first-order valence-corrected chi connectivity index (χ1v) is 7.15. The van der Waals surface area contributed by atoms with E-state index in [1.165, 1.54) is 0 Å². The second kappa shape index (κ2) is 6.81. The van der Waals surface area contributed by atoms with Crippen molar-refractivity contribution in [2.24, 2.45) is 0 Å². The van der Waals surface area contributed by atoms with Gasteiger partial charge in [0, 0.05) is 4.47 Å². The minimum atomic E-state index is -0.649. The van der Waals surface area contributed by atoms with Gasteiger partial charge < -0.3 is 14.5 Å². The number of hydrogen-bond donors (Lipinski definition) is 1. The van der Waals surface area contributed by atoms with Crippen molar-refractivity contribution in [1.82, 2.24) is 5.32 Å². The fourth-order valence-corrected chi connectivity index (χ4v) is 2.26. The van der Waals surface area contributed by atoms with Gasteiger partial charge in [-0.2, -0.15) is 0 Å². The average Bonchev–Trinajstić information content (AvgIpc) is 2.92. The lowest BCUT2D eigenvalue weighted by atomic mass is 10.3. The Morgan fingerprint density at radius 3 is 2.95 bits per heavy atom. The molecule has 1 N–H and O–H groups in total. The summed E-state index contributed by atoms with van der Waals surface area (Å²) in [5.74, 6) is 0.920. The second-order valence-corrected chi connectivity index (χ2v) is 5.45. The molecule has 6 heteroatoms. The molecule has 20 heavy (non-hydrogen) atoms. The van der Waals surface area contributed by atoms with Crippen LogP contribution in [0.25, 0.3) is 0 Å². The summed E-state index contributed by atoms with van der Waals surface area (Å²) in [6, 6.07) is 8.78. The molecule has 0 aliphatic carbocycles. The molecule has 106 valence electrons. The highest BCUT2D eigenvalue weighted by atomic mass is 79.9. The molecular weight excluding hydrogens is 346 g/mol. The maximum absolute atomic E-state index is 11.9. The van der Waals surface area contributed by atoms with E-state index < -0.39 is 6.10 Å². The van der Waals surface area contributed by atoms with Crippen LogP contribution in [0.5, 0.6) is 5.75 Å². The van der Waals surface area contributed by atoms with Gasteiger partial charge in [-0.25, -0.2) is 0 Å². The molecule has 1 atom stereocenters. The molecule has 0 aliphatic rings. The van der Waals surface area contributed by atoms with Crippen LogP contribution in [0.1, 0.15) is 12.7 Å². The highest BCUT2D eigenvalue weighted by molar-refractivity contribution is 9.10. The van der Waals surface area contributed by atoms with E-state index in [9.17, 15) is 4.79 Å². The van der Waals surface area contributed by atoms with Gasteiger partial charge in [0.2, 0.25) is 0 Å². The van der Waals surface area contributed by atoms with E-state index >= 15 is 0 Å². The molecule has 1 heterocycles. The van der Waals surface area contributed by atoms with Gasteiger partial charge in [-0.3, -0.25) is 4.79 Å². The fraction of sp³-hybridized carbons (Fsp3) is 0.214. The highest BCUT2D eigenvalue weighted by Crippen LogP contribution is 2.28. The Bertz CT molecular complexity index is 586. The van der Waals surface area contributed by atoms with Crippen LogP contribution in [-0.4, -0.2) is 12.0 Å². The summed E-state index contributed by atoms with van der Waals surface area (Å²) in [6.45, 7) is 1.99. The van der Waals surface area contributed by atoms with Crippen LogP contribution in [0.3, 0.4) is 0 Å². The van der Waals surface area contributed by atoms with Crippen LogP contribution in [0, 0.1) is 0 Å². The molecule has 1 amide bonds. The first-order chi connectivity index (χ1) is 9.56. The van der Waals surface area contributed by atoms with Crippen LogP contribution < -0.4 is 10.1 Å². The number of benzene rings is 1. The van der Waals surface area contributed by atoms with Gasteiger partial charge in [0.1, 0.15) is 11.5 Å². The van der Waals surface area contributed by atoms with Gasteiger partial charge in [-0.1, -0.05) is 27.5 Å². The average molecular weight is 359 g/mol. The molecule has 0 radical (unpaired) electrons. The number of halogens is 2. The summed E-state index contributed by atoms with van der Waals surface area (Å²) in [6.07, 6.45) is 0.909. The molecule has 0 spiro atoms. The van der Waals surface area contributed by atoms with Crippen LogP contribution in [-0.2, 0) is 11.3 Å². The van der Waals surface area contributed by atoms with E-state index in [0.29, 0.717) is 23.1 Å². The Hall–Kier alpha value is -1.46. The second-order valence-electron chi connectivity index (χ2n) is 4.13. The van der Waals surface area contributed by atoms with Gasteiger partial charge in [0.15, 0.2) is 6.10 Å². The molecule has 1 aromatic carbocycles. The standard InChI is InChI=1S/C14H13BrClNO3/c1-9(14(18)17-8-11-3-2-6-19-11)20-13-5-4-10(15)7-12(13)16/h2-7,9H,8H2,1H3,(H,17,18)/t9-/m1/s1. The van der Waals surface area contributed by atoms with E-state index in [1.54, 1.807) is 43.5 Å². The molecule has 0 saturated carbocycles. The molecule has 0 bridgehead atoms. The van der Waals surface area contributed by atoms with Crippen molar-refractivity contribution in [2.45, 2.75) is 19.6 Å². The number of nitrogens with one attached hydrogen (secondary N) is 1. The fourth-order valence-electron chi connectivity index (χ4n) is 1.55. The topological polar surface area (TPSA) is 51.5 Å². The maximum atomic E-state index is 11.9. The monoisotopic (exact) mass is 357 g/mol. The van der Waals surface area contributed by atoms with Gasteiger partial charge in [-0.15, -0.1) is 0 Å². The Balaban J connectivity index is 1.90. The number of rotatable bonds is 5. The molecule has 2 aromatic rings. The van der Waals surface area contributed by atoms with Crippen molar-refractivity contribution in [3.63, 3.8) is 0 Å². The molecule has 0 aliphatic heterocycles. The third-order valence-electron chi connectivity index (χ3n) is 2.58. The zero-order valence-corrected chi connectivity index (χ0v) is 13.1. The van der Waals surface area contributed by atoms with E-state index in [1.807, 2.05) is 0 Å². The predicted octanol–water partition coefficient (Wildman–Crippen LogP) is 3.78. The Kier molecular flexibility index (Phi) is 5.09. The summed E-state index contributed by atoms with van der Waals surface area (Å²) in [4.78, 5) is 11.9. The van der Waals surface area contributed by atoms with Crippen molar-refractivity contribution in [1.29, 1.82) is 0 Å². The lowest BCUT2D eigenvalue weighted by molar-refractivity contribution is -0.127. The van der Waals surface area contributed by atoms with Crippen LogP contribution >= 0.6 is 27.5 Å². The summed E-state index contributed by atoms with van der Waals surface area (Å²) in [5.41, 5.74) is 0. The van der Waals surface area contributed by atoms with E-state index in [0.717, 1.165) is 4.47 Å². The normalized spacial score (nSPS) is 11.9. The Morgan fingerprint density at radius 2 is 2.30 bits per heavy atom. The summed E-state index contributed by atoms with van der Waals surface area (Å²) < 4.78 is 11.5. The lowest BCUT2D eigenvalue weighted by Crippen LogP contribution is -2.35. The van der Waals surface area contributed by atoms with Gasteiger partial charge in [0.05, 0.1) is 17.8 Å². The lowest BCUT2D eigenvalue weighted by Gasteiger charge is -2.15. The third kappa shape index (κ3) is 4.02. The minimum Gasteiger partial charge on any atom is -0.479 e. The van der Waals surface area contributed by atoms with E-state index in [2.05, 4.69) is 21.2 Å². The summed E-state index contributed by atoms with van der Waals surface area (Å²) in [5, 5.41) is 3.18. The molecule has 0 saturated heterocycles. The number of carbonyl (C=O) groups excluding carboxylic acids is 1. The zero-order chi connectivity index (χ0) is 14.5. The molecule has 2 rings (SSSR count). The summed E-state index contributed by atoms with van der Waals surface area (Å²) in [7, 11) is 0. The number of carbonyl (C=O) groups is 1. The van der Waals surface area contributed by atoms with Crippen LogP contribution in [0.2, 0.25) is 5.02 Å². The van der Waals surface area contributed by atoms with Crippen LogP contribution in [0.4, 0.5) is 0 Å². The van der Waals surface area contributed by atoms with Crippen molar-refractivity contribution in [2.75, 3.05) is 0 Å². The smallest absolute Gasteiger partial charge is 0.261 e. The highest BCUT2D eigenvalue weighted by Gasteiger charge is 2.16. The number of hydrogen-bond acceptors (Lipinski definition) is 3. The van der Waals surface area contributed by atoms with Crippen molar-refractivity contribution >= 4 is 33.4 Å². The molecule has 0 fully saturated rings. The molecule has 0 unspecified atom stereocenters. The number of furan rings is 1. The molecule has 1 aromatic heterocycles. The quantitative estimate of drug-likeness (QED) is 0.885. The largest absolute Gasteiger partial charge is 0.479 e. The summed E-state index contributed by atoms with van der Waals surface area (Å²) >= 11 is 9.34. The molecule has 4 nitrogen and oxygen atoms in total. The maximum Gasteiger partial charge on any atom is 0.261 e. The Labute approximate surface area is 130 Å². The minimum absolute atomic E-state index is 0.236. The Morgan fingerprint density at radius 1 is 1.50 bits per heavy atom. The first kappa shape index (κ1) is 14.9. The molecular formula is C14H13BrClNO3. The van der Waals surface area contributed by atoms with Crippen LogP contribution in [0.15, 0.2) is 45.5 Å². The third-order valence-corrected chi connectivity index (χ3v) is 3.37.